The highest BCUT2D eigenvalue weighted by molar-refractivity contribution is 5.94. The first kappa shape index (κ1) is 13.9. The number of nitro benzene ring substituents is 1. The number of nitrogens with zero attached hydrogens (tertiary/aromatic N) is 1. The molecule has 0 aliphatic carbocycles. The van der Waals surface area contributed by atoms with Crippen LogP contribution in [0.1, 0.15) is 23.7 Å². The Bertz CT molecular complexity index is 462. The molecule has 1 amide bonds. The molecule has 0 saturated heterocycles. The first-order valence-electron chi connectivity index (χ1n) is 5.53. The Morgan fingerprint density at radius 1 is 1.56 bits per heavy atom. The number of anilines is 1. The van der Waals surface area contributed by atoms with Crippen molar-refractivity contribution in [2.24, 2.45) is 11.5 Å². The van der Waals surface area contributed by atoms with Crippen LogP contribution in [-0.4, -0.2) is 23.4 Å². The van der Waals surface area contributed by atoms with Crippen LogP contribution >= 0.6 is 0 Å². The van der Waals surface area contributed by atoms with E-state index in [4.69, 9.17) is 11.5 Å². The zero-order valence-electron chi connectivity index (χ0n) is 10.1. The number of benzene rings is 1. The van der Waals surface area contributed by atoms with Crippen molar-refractivity contribution in [3.8, 4) is 0 Å². The van der Waals surface area contributed by atoms with E-state index in [0.29, 0.717) is 12.2 Å². The van der Waals surface area contributed by atoms with E-state index in [1.807, 2.05) is 6.92 Å². The zero-order chi connectivity index (χ0) is 13.7. The molecule has 1 aromatic rings. The molecule has 0 fully saturated rings. The summed E-state index contributed by atoms with van der Waals surface area (Å²) >= 11 is 0. The molecule has 7 heteroatoms. The lowest BCUT2D eigenvalue weighted by Crippen LogP contribution is -2.28. The highest BCUT2D eigenvalue weighted by atomic mass is 16.6. The summed E-state index contributed by atoms with van der Waals surface area (Å²) in [6, 6.07) is 3.97. The van der Waals surface area contributed by atoms with Gasteiger partial charge in [0.1, 0.15) is 5.69 Å². The van der Waals surface area contributed by atoms with Gasteiger partial charge in [0, 0.05) is 24.2 Å². The molecule has 0 aromatic heterocycles. The van der Waals surface area contributed by atoms with Gasteiger partial charge in [-0.25, -0.2) is 0 Å². The Kier molecular flexibility index (Phi) is 4.61. The van der Waals surface area contributed by atoms with Gasteiger partial charge in [0.15, 0.2) is 0 Å². The third kappa shape index (κ3) is 3.42. The van der Waals surface area contributed by atoms with Gasteiger partial charge >= 0.3 is 0 Å². The van der Waals surface area contributed by atoms with Crippen molar-refractivity contribution >= 4 is 17.3 Å². The van der Waals surface area contributed by atoms with Crippen molar-refractivity contribution in [2.75, 3.05) is 11.9 Å². The number of carbonyl (C=O) groups is 1. The average Bonchev–Trinajstić information content (AvgIpc) is 2.35. The van der Waals surface area contributed by atoms with Crippen LogP contribution in [0, 0.1) is 10.1 Å². The molecule has 1 aromatic carbocycles. The van der Waals surface area contributed by atoms with E-state index in [9.17, 15) is 14.9 Å². The lowest BCUT2D eigenvalue weighted by atomic mass is 10.1. The topological polar surface area (TPSA) is 124 Å². The first-order valence-corrected chi connectivity index (χ1v) is 5.53. The molecule has 98 valence electrons. The molecule has 0 heterocycles. The summed E-state index contributed by atoms with van der Waals surface area (Å²) in [4.78, 5) is 21.3. The van der Waals surface area contributed by atoms with Crippen LogP contribution in [0.2, 0.25) is 0 Å². The molecule has 0 aliphatic heterocycles. The lowest BCUT2D eigenvalue weighted by Gasteiger charge is -2.12. The number of amides is 1. The summed E-state index contributed by atoms with van der Waals surface area (Å²) < 4.78 is 0. The number of hydrogen-bond donors (Lipinski definition) is 3. The minimum absolute atomic E-state index is 0.0829. The SMILES string of the molecule is CCC(N)CNc1ccc(C(N)=O)cc1[N+](=O)[O-]. The second kappa shape index (κ2) is 5.97. The van der Waals surface area contributed by atoms with E-state index < -0.39 is 10.8 Å². The third-order valence-electron chi connectivity index (χ3n) is 2.56. The number of nitrogens with one attached hydrogen (secondary N) is 1. The van der Waals surface area contributed by atoms with Gasteiger partial charge in [0.2, 0.25) is 5.91 Å². The Labute approximate surface area is 104 Å². The van der Waals surface area contributed by atoms with Crippen LogP contribution in [0.4, 0.5) is 11.4 Å². The minimum atomic E-state index is -0.699. The summed E-state index contributed by atoms with van der Waals surface area (Å²) in [7, 11) is 0. The fraction of sp³-hybridized carbons (Fsp3) is 0.364. The van der Waals surface area contributed by atoms with Gasteiger partial charge in [0.05, 0.1) is 4.92 Å². The van der Waals surface area contributed by atoms with E-state index in [1.165, 1.54) is 12.1 Å². The van der Waals surface area contributed by atoms with Crippen LogP contribution in [0.25, 0.3) is 0 Å². The fourth-order valence-electron chi connectivity index (χ4n) is 1.37. The predicted molar refractivity (Wildman–Crippen MR) is 68.4 cm³/mol. The number of carbonyl (C=O) groups excluding carboxylic acids is 1. The van der Waals surface area contributed by atoms with Crippen molar-refractivity contribution < 1.29 is 9.72 Å². The van der Waals surface area contributed by atoms with Crippen LogP contribution in [-0.2, 0) is 0 Å². The maximum atomic E-state index is 11.0. The van der Waals surface area contributed by atoms with Gasteiger partial charge in [-0.2, -0.15) is 0 Å². The van der Waals surface area contributed by atoms with Gasteiger partial charge in [0.25, 0.3) is 5.69 Å². The number of nitrogens with two attached hydrogens (primary N) is 2. The fourth-order valence-corrected chi connectivity index (χ4v) is 1.37. The van der Waals surface area contributed by atoms with Gasteiger partial charge in [-0.1, -0.05) is 6.92 Å². The van der Waals surface area contributed by atoms with Crippen LogP contribution in [0.3, 0.4) is 0 Å². The number of hydrogen-bond acceptors (Lipinski definition) is 5. The Hall–Kier alpha value is -2.15. The molecule has 1 rings (SSSR count). The number of nitro groups is 1. The van der Waals surface area contributed by atoms with Crippen molar-refractivity contribution in [2.45, 2.75) is 19.4 Å². The molecule has 1 atom stereocenters. The third-order valence-corrected chi connectivity index (χ3v) is 2.56. The lowest BCUT2D eigenvalue weighted by molar-refractivity contribution is -0.384. The minimum Gasteiger partial charge on any atom is -0.378 e. The highest BCUT2D eigenvalue weighted by Crippen LogP contribution is 2.25. The highest BCUT2D eigenvalue weighted by Gasteiger charge is 2.16. The van der Waals surface area contributed by atoms with E-state index >= 15 is 0 Å². The number of rotatable bonds is 6. The van der Waals surface area contributed by atoms with E-state index in [-0.39, 0.29) is 17.3 Å². The van der Waals surface area contributed by atoms with Gasteiger partial charge < -0.3 is 16.8 Å². The average molecular weight is 252 g/mol. The monoisotopic (exact) mass is 252 g/mol. The number of primary amides is 1. The molecule has 18 heavy (non-hydrogen) atoms. The first-order chi connectivity index (χ1) is 8.45. The van der Waals surface area contributed by atoms with Crippen molar-refractivity contribution in [3.63, 3.8) is 0 Å². The summed E-state index contributed by atoms with van der Waals surface area (Å²) in [5.41, 5.74) is 11.0. The molecule has 0 saturated carbocycles. The summed E-state index contributed by atoms with van der Waals surface area (Å²) in [5.74, 6) is -0.699. The van der Waals surface area contributed by atoms with Gasteiger partial charge in [-0.15, -0.1) is 0 Å². The van der Waals surface area contributed by atoms with Gasteiger partial charge in [-0.3, -0.25) is 14.9 Å². The molecular formula is C11H16N4O3. The molecule has 0 aliphatic rings. The normalized spacial score (nSPS) is 11.9. The quantitative estimate of drug-likeness (QED) is 0.511. The molecule has 1 unspecified atom stereocenters. The molecule has 7 nitrogen and oxygen atoms in total. The second-order valence-electron chi connectivity index (χ2n) is 3.90. The Morgan fingerprint density at radius 3 is 2.72 bits per heavy atom. The molecule has 0 bridgehead atoms. The summed E-state index contributed by atoms with van der Waals surface area (Å²) in [5, 5.41) is 13.8. The maximum absolute atomic E-state index is 11.0. The van der Waals surface area contributed by atoms with Crippen LogP contribution < -0.4 is 16.8 Å². The van der Waals surface area contributed by atoms with Gasteiger partial charge in [-0.05, 0) is 18.6 Å². The summed E-state index contributed by atoms with van der Waals surface area (Å²) in [6.45, 7) is 2.35. The van der Waals surface area contributed by atoms with Crippen molar-refractivity contribution in [3.05, 3.63) is 33.9 Å². The maximum Gasteiger partial charge on any atom is 0.293 e. The zero-order valence-corrected chi connectivity index (χ0v) is 10.1. The van der Waals surface area contributed by atoms with E-state index in [2.05, 4.69) is 5.32 Å². The predicted octanol–water partition coefficient (Wildman–Crippen LogP) is 0.843. The molecular weight excluding hydrogens is 236 g/mol. The standard InChI is InChI=1S/C11H16N4O3/c1-2-8(12)6-14-9-4-3-7(11(13)16)5-10(9)15(17)18/h3-5,8,14H,2,6,12H2,1H3,(H2,13,16). The smallest absolute Gasteiger partial charge is 0.293 e. The Balaban J connectivity index is 2.97. The largest absolute Gasteiger partial charge is 0.378 e. The second-order valence-corrected chi connectivity index (χ2v) is 3.90. The Morgan fingerprint density at radius 2 is 2.22 bits per heavy atom. The van der Waals surface area contributed by atoms with Crippen molar-refractivity contribution in [1.82, 2.24) is 0 Å². The van der Waals surface area contributed by atoms with Crippen LogP contribution in [0.5, 0.6) is 0 Å². The molecule has 0 spiro atoms. The summed E-state index contributed by atoms with van der Waals surface area (Å²) in [6.07, 6.45) is 0.764. The van der Waals surface area contributed by atoms with E-state index in [1.54, 1.807) is 0 Å². The molecule has 5 N–H and O–H groups in total. The van der Waals surface area contributed by atoms with Crippen LogP contribution in [0.15, 0.2) is 18.2 Å². The van der Waals surface area contributed by atoms with Crippen molar-refractivity contribution in [1.29, 1.82) is 0 Å². The molecule has 0 radical (unpaired) electrons. The van der Waals surface area contributed by atoms with E-state index in [0.717, 1.165) is 12.5 Å².